The van der Waals surface area contributed by atoms with E-state index in [1.807, 2.05) is 7.11 Å². The average molecular weight is 301 g/mol. The molecule has 2 atom stereocenters. The van der Waals surface area contributed by atoms with E-state index in [2.05, 4.69) is 59.0 Å². The summed E-state index contributed by atoms with van der Waals surface area (Å²) in [6.07, 6.45) is 1.08. The van der Waals surface area contributed by atoms with Crippen molar-refractivity contribution in [3.63, 3.8) is 0 Å². The van der Waals surface area contributed by atoms with Gasteiger partial charge in [-0.3, -0.25) is 0 Å². The molecule has 0 amide bonds. The van der Waals surface area contributed by atoms with Gasteiger partial charge in [0, 0.05) is 18.6 Å². The number of benzene rings is 1. The first-order valence-corrected chi connectivity index (χ1v) is 8.40. The van der Waals surface area contributed by atoms with Crippen LogP contribution in [-0.2, 0) is 10.2 Å². The molecule has 2 rings (SSSR count). The lowest BCUT2D eigenvalue weighted by Crippen LogP contribution is -2.39. The summed E-state index contributed by atoms with van der Waals surface area (Å²) in [5.41, 5.74) is 8.63. The lowest BCUT2D eigenvalue weighted by molar-refractivity contribution is 0.137. The summed E-state index contributed by atoms with van der Waals surface area (Å²) in [5, 5.41) is 3.57. The Morgan fingerprint density at radius 2 is 1.86 bits per heavy atom. The molecule has 0 saturated carbocycles. The lowest BCUT2D eigenvalue weighted by atomic mass is 9.73. The van der Waals surface area contributed by atoms with Crippen molar-refractivity contribution in [2.24, 2.45) is 0 Å². The van der Waals surface area contributed by atoms with Gasteiger partial charge >= 0.3 is 0 Å². The van der Waals surface area contributed by atoms with Crippen LogP contribution in [0.3, 0.4) is 0 Å². The number of nitrogens with one attached hydrogen (secondary N) is 1. The van der Waals surface area contributed by atoms with Gasteiger partial charge in [-0.2, -0.15) is 0 Å². The van der Waals surface area contributed by atoms with Gasteiger partial charge in [0.15, 0.2) is 0 Å². The van der Waals surface area contributed by atoms with E-state index in [0.29, 0.717) is 6.04 Å². The zero-order chi connectivity index (χ0) is 16.5. The molecule has 0 bridgehead atoms. The van der Waals surface area contributed by atoms with Crippen molar-refractivity contribution in [3.8, 4) is 0 Å². The first-order chi connectivity index (χ1) is 10.4. The topological polar surface area (TPSA) is 21.3 Å². The Bertz CT molecular complexity index is 588. The van der Waals surface area contributed by atoms with Crippen LogP contribution in [0.25, 0.3) is 5.57 Å². The fourth-order valence-electron chi connectivity index (χ4n) is 4.14. The number of methoxy groups -OCH3 is 1. The molecule has 0 aromatic heterocycles. The number of aryl methyl sites for hydroxylation is 1. The number of fused-ring (bicyclic) bond motifs is 1. The average Bonchev–Trinajstić information content (AvgIpc) is 2.66. The van der Waals surface area contributed by atoms with E-state index in [9.17, 15) is 0 Å². The molecule has 0 fully saturated rings. The molecule has 2 heteroatoms. The van der Waals surface area contributed by atoms with Crippen molar-refractivity contribution in [3.05, 3.63) is 40.0 Å². The minimum Gasteiger partial charge on any atom is -0.383 e. The predicted octanol–water partition coefficient (Wildman–Crippen LogP) is 4.38. The van der Waals surface area contributed by atoms with E-state index in [1.54, 1.807) is 0 Å². The second kappa shape index (κ2) is 6.55. The largest absolute Gasteiger partial charge is 0.383 e. The molecule has 0 aliphatic heterocycles. The molecule has 22 heavy (non-hydrogen) atoms. The Labute approximate surface area is 136 Å². The smallest absolute Gasteiger partial charge is 0.0597 e. The Kier molecular flexibility index (Phi) is 5.14. The molecular formula is C20H31NO. The van der Waals surface area contributed by atoms with Gasteiger partial charge in [0.05, 0.1) is 6.61 Å². The van der Waals surface area contributed by atoms with Crippen molar-refractivity contribution >= 4 is 5.57 Å². The highest BCUT2D eigenvalue weighted by Gasteiger charge is 2.43. The SMILES string of the molecule is CCNC(C)CC1(COC)C(C)=C(C)c2c1ccc(C)c2C. The summed E-state index contributed by atoms with van der Waals surface area (Å²) in [5.74, 6) is 0. The summed E-state index contributed by atoms with van der Waals surface area (Å²) in [6.45, 7) is 15.2. The molecule has 0 heterocycles. The van der Waals surface area contributed by atoms with Crippen molar-refractivity contribution in [1.82, 2.24) is 5.32 Å². The third kappa shape index (κ3) is 2.63. The standard InChI is InChI=1S/C20H31NO/c1-8-21-14(3)11-20(12-22-7)17(6)16(5)19-15(4)13(2)9-10-18(19)20/h9-10,14,21H,8,11-12H2,1-7H3. The Hall–Kier alpha value is -1.12. The lowest BCUT2D eigenvalue weighted by Gasteiger charge is -2.35. The maximum absolute atomic E-state index is 5.69. The molecule has 0 radical (unpaired) electrons. The highest BCUT2D eigenvalue weighted by atomic mass is 16.5. The van der Waals surface area contributed by atoms with Gasteiger partial charge in [-0.05, 0) is 75.4 Å². The Morgan fingerprint density at radius 3 is 2.45 bits per heavy atom. The highest BCUT2D eigenvalue weighted by molar-refractivity contribution is 5.81. The molecule has 0 spiro atoms. The van der Waals surface area contributed by atoms with Crippen LogP contribution in [0.4, 0.5) is 0 Å². The van der Waals surface area contributed by atoms with E-state index in [4.69, 9.17) is 4.74 Å². The van der Waals surface area contributed by atoms with Gasteiger partial charge in [0.2, 0.25) is 0 Å². The van der Waals surface area contributed by atoms with Gasteiger partial charge in [-0.25, -0.2) is 0 Å². The molecule has 122 valence electrons. The molecular weight excluding hydrogens is 270 g/mol. The van der Waals surface area contributed by atoms with E-state index in [-0.39, 0.29) is 5.41 Å². The minimum atomic E-state index is 0.00815. The van der Waals surface area contributed by atoms with Crippen LogP contribution in [-0.4, -0.2) is 26.3 Å². The molecule has 2 nitrogen and oxygen atoms in total. The fraction of sp³-hybridized carbons (Fsp3) is 0.600. The van der Waals surface area contributed by atoms with Crippen LogP contribution in [0, 0.1) is 13.8 Å². The number of rotatable bonds is 6. The first-order valence-electron chi connectivity index (χ1n) is 8.40. The molecule has 1 N–H and O–H groups in total. The Balaban J connectivity index is 2.59. The van der Waals surface area contributed by atoms with Crippen LogP contribution in [0.2, 0.25) is 0 Å². The third-order valence-electron chi connectivity index (χ3n) is 5.50. The maximum Gasteiger partial charge on any atom is 0.0597 e. The maximum atomic E-state index is 5.69. The van der Waals surface area contributed by atoms with Crippen molar-refractivity contribution in [2.75, 3.05) is 20.3 Å². The second-order valence-corrected chi connectivity index (χ2v) is 6.86. The number of hydrogen-bond donors (Lipinski definition) is 1. The summed E-state index contributed by atoms with van der Waals surface area (Å²) in [6, 6.07) is 5.06. The molecule has 1 aliphatic rings. The van der Waals surface area contributed by atoms with Crippen LogP contribution in [0.15, 0.2) is 17.7 Å². The Morgan fingerprint density at radius 1 is 1.18 bits per heavy atom. The van der Waals surface area contributed by atoms with Crippen LogP contribution in [0.1, 0.15) is 56.4 Å². The number of ether oxygens (including phenoxy) is 1. The predicted molar refractivity (Wildman–Crippen MR) is 95.5 cm³/mol. The van der Waals surface area contributed by atoms with Crippen molar-refractivity contribution < 1.29 is 4.74 Å². The molecule has 0 saturated heterocycles. The molecule has 1 aromatic carbocycles. The number of allylic oxidation sites excluding steroid dienone is 1. The van der Waals surface area contributed by atoms with Crippen molar-refractivity contribution in [2.45, 2.75) is 59.4 Å². The molecule has 2 unspecified atom stereocenters. The van der Waals surface area contributed by atoms with E-state index < -0.39 is 0 Å². The minimum absolute atomic E-state index is 0.00815. The van der Waals surface area contributed by atoms with E-state index >= 15 is 0 Å². The van der Waals surface area contributed by atoms with Gasteiger partial charge < -0.3 is 10.1 Å². The summed E-state index contributed by atoms with van der Waals surface area (Å²) >= 11 is 0. The van der Waals surface area contributed by atoms with E-state index in [0.717, 1.165) is 19.6 Å². The quantitative estimate of drug-likeness (QED) is 0.842. The third-order valence-corrected chi connectivity index (χ3v) is 5.50. The van der Waals surface area contributed by atoms with Gasteiger partial charge in [0.25, 0.3) is 0 Å². The monoisotopic (exact) mass is 301 g/mol. The second-order valence-electron chi connectivity index (χ2n) is 6.86. The van der Waals surface area contributed by atoms with Crippen LogP contribution < -0.4 is 5.32 Å². The fourth-order valence-corrected chi connectivity index (χ4v) is 4.14. The van der Waals surface area contributed by atoms with Gasteiger partial charge in [0.1, 0.15) is 0 Å². The molecule has 1 aromatic rings. The summed E-state index contributed by atoms with van der Waals surface area (Å²) in [4.78, 5) is 0. The normalized spacial score (nSPS) is 22.1. The van der Waals surface area contributed by atoms with E-state index in [1.165, 1.54) is 33.4 Å². The zero-order valence-corrected chi connectivity index (χ0v) is 15.3. The molecule has 1 aliphatic carbocycles. The van der Waals surface area contributed by atoms with Crippen molar-refractivity contribution in [1.29, 1.82) is 0 Å². The number of hydrogen-bond acceptors (Lipinski definition) is 2. The van der Waals surface area contributed by atoms with Gasteiger partial charge in [-0.15, -0.1) is 0 Å². The highest BCUT2D eigenvalue weighted by Crippen LogP contribution is 2.50. The summed E-state index contributed by atoms with van der Waals surface area (Å²) < 4.78 is 5.69. The van der Waals surface area contributed by atoms with Gasteiger partial charge in [-0.1, -0.05) is 24.6 Å². The van der Waals surface area contributed by atoms with Crippen LogP contribution >= 0.6 is 0 Å². The zero-order valence-electron chi connectivity index (χ0n) is 15.3. The first kappa shape index (κ1) is 17.2. The van der Waals surface area contributed by atoms with Crippen LogP contribution in [0.5, 0.6) is 0 Å². The summed E-state index contributed by atoms with van der Waals surface area (Å²) in [7, 11) is 1.82.